The maximum Gasteiger partial charge on any atom is 0.247 e. The zero-order valence-corrected chi connectivity index (χ0v) is 20.6. The van der Waals surface area contributed by atoms with Gasteiger partial charge in [0.25, 0.3) is 0 Å². The molecule has 3 aromatic rings. The molecule has 0 radical (unpaired) electrons. The van der Waals surface area contributed by atoms with Crippen molar-refractivity contribution in [3.05, 3.63) is 59.8 Å². The summed E-state index contributed by atoms with van der Waals surface area (Å²) in [7, 11) is -0.800. The van der Waals surface area contributed by atoms with E-state index in [2.05, 4.69) is 15.3 Å². The van der Waals surface area contributed by atoms with E-state index in [0.29, 0.717) is 43.7 Å². The van der Waals surface area contributed by atoms with Crippen LogP contribution in [0.4, 0.5) is 17.5 Å². The van der Waals surface area contributed by atoms with Crippen LogP contribution in [0.5, 0.6) is 11.5 Å². The first-order valence-corrected chi connectivity index (χ1v) is 12.4. The van der Waals surface area contributed by atoms with Crippen LogP contribution in [0, 0.1) is 13.8 Å². The highest BCUT2D eigenvalue weighted by atomic mass is 32.2. The second-order valence-electron chi connectivity index (χ2n) is 8.09. The van der Waals surface area contributed by atoms with Crippen molar-refractivity contribution in [1.29, 1.82) is 0 Å². The fourth-order valence-corrected chi connectivity index (χ4v) is 5.39. The predicted molar refractivity (Wildman–Crippen MR) is 132 cm³/mol. The summed E-state index contributed by atoms with van der Waals surface area (Å²) in [5.41, 5.74) is 2.96. The Morgan fingerprint density at radius 2 is 1.59 bits per heavy atom. The number of hydrogen-bond acceptors (Lipinski definition) is 8. The van der Waals surface area contributed by atoms with E-state index in [9.17, 15) is 8.42 Å². The average molecular weight is 484 g/mol. The van der Waals surface area contributed by atoms with E-state index in [0.717, 1.165) is 11.4 Å². The molecular weight excluding hydrogens is 454 g/mol. The van der Waals surface area contributed by atoms with Crippen molar-refractivity contribution in [2.24, 2.45) is 0 Å². The lowest BCUT2D eigenvalue weighted by Gasteiger charge is -2.34. The number of aryl methyl sites for hydroxylation is 2. The van der Waals surface area contributed by atoms with Crippen molar-refractivity contribution >= 4 is 27.5 Å². The van der Waals surface area contributed by atoms with Gasteiger partial charge in [0.2, 0.25) is 16.0 Å². The zero-order chi connectivity index (χ0) is 24.3. The van der Waals surface area contributed by atoms with Gasteiger partial charge in [-0.1, -0.05) is 17.7 Å². The summed E-state index contributed by atoms with van der Waals surface area (Å²) in [6.45, 7) is 5.52. The molecule has 1 N–H and O–H groups in total. The molecule has 4 rings (SSSR count). The van der Waals surface area contributed by atoms with Crippen LogP contribution in [-0.2, 0) is 10.0 Å². The third-order valence-electron chi connectivity index (χ3n) is 5.68. The van der Waals surface area contributed by atoms with Crippen LogP contribution in [0.3, 0.4) is 0 Å². The Labute approximate surface area is 200 Å². The standard InChI is InChI=1S/C24H29N5O4S/c1-17-5-7-19(8-6-17)26-23-15-18(2)25-24(27-23)28-11-13-29(14-12-28)34(30,31)22-16-20(32-3)9-10-21(22)33-4/h5-10,15-16H,11-14H2,1-4H3,(H,25,26,27). The number of rotatable bonds is 7. The number of hydrogen-bond donors (Lipinski definition) is 1. The summed E-state index contributed by atoms with van der Waals surface area (Å²) in [6, 6.07) is 14.7. The Morgan fingerprint density at radius 3 is 2.24 bits per heavy atom. The monoisotopic (exact) mass is 483 g/mol. The number of methoxy groups -OCH3 is 2. The molecule has 0 aliphatic carbocycles. The molecule has 1 aliphatic heterocycles. The molecular formula is C24H29N5O4S. The molecule has 1 saturated heterocycles. The van der Waals surface area contributed by atoms with Gasteiger partial charge >= 0.3 is 0 Å². The average Bonchev–Trinajstić information content (AvgIpc) is 2.84. The van der Waals surface area contributed by atoms with Gasteiger partial charge in [0, 0.05) is 49.7 Å². The molecule has 0 atom stereocenters. The van der Waals surface area contributed by atoms with E-state index in [1.165, 1.54) is 30.2 Å². The lowest BCUT2D eigenvalue weighted by Crippen LogP contribution is -2.49. The largest absolute Gasteiger partial charge is 0.497 e. The highest BCUT2D eigenvalue weighted by molar-refractivity contribution is 7.89. The third kappa shape index (κ3) is 5.07. The molecule has 34 heavy (non-hydrogen) atoms. The normalized spacial score (nSPS) is 14.6. The van der Waals surface area contributed by atoms with Gasteiger partial charge in [-0.05, 0) is 38.1 Å². The summed E-state index contributed by atoms with van der Waals surface area (Å²) in [4.78, 5) is 11.3. The molecule has 0 amide bonds. The first-order valence-electron chi connectivity index (χ1n) is 11.0. The van der Waals surface area contributed by atoms with Crippen LogP contribution in [0.2, 0.25) is 0 Å². The van der Waals surface area contributed by atoms with Gasteiger partial charge in [-0.3, -0.25) is 0 Å². The maximum absolute atomic E-state index is 13.3. The minimum absolute atomic E-state index is 0.0965. The van der Waals surface area contributed by atoms with Gasteiger partial charge < -0.3 is 19.7 Å². The predicted octanol–water partition coefficient (Wildman–Crippen LogP) is 3.37. The minimum Gasteiger partial charge on any atom is -0.497 e. The molecule has 1 aromatic heterocycles. The van der Waals surface area contributed by atoms with Gasteiger partial charge in [-0.15, -0.1) is 0 Å². The van der Waals surface area contributed by atoms with Crippen LogP contribution in [0.15, 0.2) is 53.4 Å². The van der Waals surface area contributed by atoms with Crippen molar-refractivity contribution in [1.82, 2.24) is 14.3 Å². The van der Waals surface area contributed by atoms with E-state index >= 15 is 0 Å². The van der Waals surface area contributed by atoms with E-state index < -0.39 is 10.0 Å². The summed E-state index contributed by atoms with van der Waals surface area (Å²) in [6.07, 6.45) is 0. The van der Waals surface area contributed by atoms with Gasteiger partial charge in [0.1, 0.15) is 22.2 Å². The van der Waals surface area contributed by atoms with Crippen LogP contribution in [0.25, 0.3) is 0 Å². The highest BCUT2D eigenvalue weighted by Crippen LogP contribution is 2.31. The number of anilines is 3. The molecule has 0 saturated carbocycles. The summed E-state index contributed by atoms with van der Waals surface area (Å²) in [5.74, 6) is 2.02. The lowest BCUT2D eigenvalue weighted by atomic mass is 10.2. The molecule has 2 heterocycles. The quantitative estimate of drug-likeness (QED) is 0.546. The highest BCUT2D eigenvalue weighted by Gasteiger charge is 2.32. The van der Waals surface area contributed by atoms with E-state index in [1.54, 1.807) is 12.1 Å². The minimum atomic E-state index is -3.76. The Balaban J connectivity index is 1.50. The Morgan fingerprint density at radius 1 is 0.882 bits per heavy atom. The molecule has 1 aliphatic rings. The zero-order valence-electron chi connectivity index (χ0n) is 19.8. The van der Waals surface area contributed by atoms with Crippen molar-refractivity contribution in [3.8, 4) is 11.5 Å². The van der Waals surface area contributed by atoms with Crippen LogP contribution >= 0.6 is 0 Å². The SMILES string of the molecule is COc1ccc(OC)c(S(=O)(=O)N2CCN(c3nc(C)cc(Nc4ccc(C)cc4)n3)CC2)c1. The topological polar surface area (TPSA) is 96.9 Å². The fourth-order valence-electron chi connectivity index (χ4n) is 3.80. The fraction of sp³-hybridized carbons (Fsp3) is 0.333. The Hall–Kier alpha value is -3.37. The van der Waals surface area contributed by atoms with E-state index in [1.807, 2.05) is 49.1 Å². The van der Waals surface area contributed by atoms with Gasteiger partial charge in [-0.25, -0.2) is 13.4 Å². The van der Waals surface area contributed by atoms with Crippen molar-refractivity contribution in [2.45, 2.75) is 18.7 Å². The summed E-state index contributed by atoms with van der Waals surface area (Å²) >= 11 is 0. The van der Waals surface area contributed by atoms with Crippen molar-refractivity contribution in [3.63, 3.8) is 0 Å². The molecule has 0 unspecified atom stereocenters. The second-order valence-corrected chi connectivity index (χ2v) is 10.00. The number of aromatic nitrogens is 2. The van der Waals surface area contributed by atoms with E-state index in [-0.39, 0.29) is 10.6 Å². The van der Waals surface area contributed by atoms with Crippen molar-refractivity contribution < 1.29 is 17.9 Å². The number of sulfonamides is 1. The number of piperazine rings is 1. The van der Waals surface area contributed by atoms with Crippen LogP contribution < -0.4 is 19.7 Å². The molecule has 0 spiro atoms. The van der Waals surface area contributed by atoms with Gasteiger partial charge in [0.15, 0.2) is 0 Å². The number of benzene rings is 2. The molecule has 9 nitrogen and oxygen atoms in total. The lowest BCUT2D eigenvalue weighted by molar-refractivity contribution is 0.369. The molecule has 0 bridgehead atoms. The maximum atomic E-state index is 13.3. The van der Waals surface area contributed by atoms with Crippen molar-refractivity contribution in [2.75, 3.05) is 50.6 Å². The second kappa shape index (κ2) is 9.86. The molecule has 2 aromatic carbocycles. The first-order chi connectivity index (χ1) is 16.3. The van der Waals surface area contributed by atoms with Gasteiger partial charge in [-0.2, -0.15) is 9.29 Å². The third-order valence-corrected chi connectivity index (χ3v) is 7.60. The van der Waals surface area contributed by atoms with E-state index in [4.69, 9.17) is 9.47 Å². The first kappa shape index (κ1) is 23.8. The Bertz CT molecular complexity index is 1260. The molecule has 180 valence electrons. The number of nitrogens with one attached hydrogen (secondary N) is 1. The van der Waals surface area contributed by atoms with Crippen LogP contribution in [0.1, 0.15) is 11.3 Å². The van der Waals surface area contributed by atoms with Gasteiger partial charge in [0.05, 0.1) is 14.2 Å². The number of ether oxygens (including phenoxy) is 2. The summed E-state index contributed by atoms with van der Waals surface area (Å²) < 4.78 is 38.7. The smallest absolute Gasteiger partial charge is 0.247 e. The summed E-state index contributed by atoms with van der Waals surface area (Å²) in [5, 5.41) is 3.32. The Kier molecular flexibility index (Phi) is 6.90. The molecule has 1 fully saturated rings. The molecule has 10 heteroatoms. The van der Waals surface area contributed by atoms with Crippen LogP contribution in [-0.4, -0.2) is 63.1 Å². The number of nitrogens with zero attached hydrogens (tertiary/aromatic N) is 4.